The Bertz CT molecular complexity index is 422. The van der Waals surface area contributed by atoms with Gasteiger partial charge in [-0.2, -0.15) is 5.10 Å². The van der Waals surface area contributed by atoms with E-state index in [9.17, 15) is 4.39 Å². The second-order valence-electron chi connectivity index (χ2n) is 2.96. The molecular formula is C10H8ClFN2. The molecule has 0 aliphatic carbocycles. The lowest BCUT2D eigenvalue weighted by Gasteiger charge is -2.00. The summed E-state index contributed by atoms with van der Waals surface area (Å²) in [6.45, 7) is 0.604. The van der Waals surface area contributed by atoms with Crippen LogP contribution >= 0.6 is 11.6 Å². The normalized spacial score (nSPS) is 10.4. The van der Waals surface area contributed by atoms with Crippen molar-refractivity contribution in [3.63, 3.8) is 0 Å². The van der Waals surface area contributed by atoms with E-state index in [4.69, 9.17) is 11.6 Å². The van der Waals surface area contributed by atoms with Crippen LogP contribution < -0.4 is 0 Å². The average molecular weight is 211 g/mol. The van der Waals surface area contributed by atoms with Crippen LogP contribution in [-0.2, 0) is 6.54 Å². The van der Waals surface area contributed by atoms with Crippen molar-refractivity contribution in [1.29, 1.82) is 0 Å². The lowest BCUT2D eigenvalue weighted by molar-refractivity contribution is 0.624. The Balaban J connectivity index is 2.15. The summed E-state index contributed by atoms with van der Waals surface area (Å²) in [6, 6.07) is 8.03. The van der Waals surface area contributed by atoms with E-state index >= 15 is 0 Å². The monoisotopic (exact) mass is 210 g/mol. The Morgan fingerprint density at radius 3 is 2.50 bits per heavy atom. The highest BCUT2D eigenvalue weighted by molar-refractivity contribution is 6.29. The third-order valence-electron chi connectivity index (χ3n) is 1.87. The second-order valence-corrected chi connectivity index (χ2v) is 3.35. The number of benzene rings is 1. The summed E-state index contributed by atoms with van der Waals surface area (Å²) < 4.78 is 14.3. The van der Waals surface area contributed by atoms with Gasteiger partial charge in [-0.25, -0.2) is 4.39 Å². The number of aromatic nitrogens is 2. The molecule has 1 heterocycles. The molecule has 0 aliphatic rings. The minimum atomic E-state index is -0.229. The van der Waals surface area contributed by atoms with Crippen molar-refractivity contribution in [2.24, 2.45) is 0 Å². The predicted octanol–water partition coefficient (Wildman–Crippen LogP) is 2.72. The summed E-state index contributed by atoms with van der Waals surface area (Å²) in [7, 11) is 0. The molecule has 14 heavy (non-hydrogen) atoms. The van der Waals surface area contributed by atoms with Gasteiger partial charge in [-0.15, -0.1) is 0 Å². The van der Waals surface area contributed by atoms with Crippen molar-refractivity contribution in [2.75, 3.05) is 0 Å². The molecule has 0 bridgehead atoms. The zero-order chi connectivity index (χ0) is 9.97. The quantitative estimate of drug-likeness (QED) is 0.745. The highest BCUT2D eigenvalue weighted by Gasteiger charge is 1.97. The van der Waals surface area contributed by atoms with Gasteiger partial charge in [0.2, 0.25) is 0 Å². The number of hydrogen-bond donors (Lipinski definition) is 0. The van der Waals surface area contributed by atoms with E-state index in [1.54, 1.807) is 29.1 Å². The van der Waals surface area contributed by atoms with Crippen LogP contribution in [0.2, 0.25) is 5.15 Å². The van der Waals surface area contributed by atoms with E-state index in [0.29, 0.717) is 11.7 Å². The van der Waals surface area contributed by atoms with Crippen LogP contribution in [0.5, 0.6) is 0 Å². The first-order valence-corrected chi connectivity index (χ1v) is 4.55. The van der Waals surface area contributed by atoms with Gasteiger partial charge in [-0.3, -0.25) is 4.68 Å². The molecular weight excluding hydrogens is 203 g/mol. The first-order chi connectivity index (χ1) is 6.74. The van der Waals surface area contributed by atoms with Crippen molar-refractivity contribution in [2.45, 2.75) is 6.54 Å². The Morgan fingerprint density at radius 1 is 1.21 bits per heavy atom. The lowest BCUT2D eigenvalue weighted by atomic mass is 10.2. The molecule has 0 amide bonds. The fourth-order valence-corrected chi connectivity index (χ4v) is 1.36. The molecule has 0 atom stereocenters. The number of halogens is 2. The maximum absolute atomic E-state index is 12.6. The van der Waals surface area contributed by atoms with Crippen molar-refractivity contribution in [1.82, 2.24) is 9.78 Å². The van der Waals surface area contributed by atoms with E-state index in [1.807, 2.05) is 0 Å². The molecule has 0 fully saturated rings. The third-order valence-corrected chi connectivity index (χ3v) is 2.07. The van der Waals surface area contributed by atoms with Gasteiger partial charge in [0.05, 0.1) is 6.54 Å². The number of rotatable bonds is 2. The first kappa shape index (κ1) is 9.21. The highest BCUT2D eigenvalue weighted by atomic mass is 35.5. The molecule has 0 saturated carbocycles. The zero-order valence-electron chi connectivity index (χ0n) is 7.32. The summed E-state index contributed by atoms with van der Waals surface area (Å²) in [4.78, 5) is 0. The van der Waals surface area contributed by atoms with Gasteiger partial charge in [0.25, 0.3) is 0 Å². The van der Waals surface area contributed by atoms with E-state index in [0.717, 1.165) is 5.56 Å². The SMILES string of the molecule is Fc1ccc(Cn2ccc(Cl)n2)cc1. The van der Waals surface area contributed by atoms with Gasteiger partial charge in [-0.05, 0) is 23.8 Å². The Hall–Kier alpha value is -1.35. The van der Waals surface area contributed by atoms with Crippen LogP contribution in [-0.4, -0.2) is 9.78 Å². The molecule has 0 aliphatic heterocycles. The highest BCUT2D eigenvalue weighted by Crippen LogP contribution is 2.07. The van der Waals surface area contributed by atoms with Crippen LogP contribution in [0.1, 0.15) is 5.56 Å². The summed E-state index contributed by atoms with van der Waals surface area (Å²) in [5.74, 6) is -0.229. The number of nitrogens with zero attached hydrogens (tertiary/aromatic N) is 2. The van der Waals surface area contributed by atoms with Crippen LogP contribution in [0.3, 0.4) is 0 Å². The minimum absolute atomic E-state index is 0.229. The van der Waals surface area contributed by atoms with Crippen LogP contribution in [0.4, 0.5) is 4.39 Å². The van der Waals surface area contributed by atoms with Gasteiger partial charge in [-0.1, -0.05) is 23.7 Å². The van der Waals surface area contributed by atoms with Crippen molar-refractivity contribution in [3.8, 4) is 0 Å². The molecule has 1 aromatic carbocycles. The topological polar surface area (TPSA) is 17.8 Å². The van der Waals surface area contributed by atoms with E-state index in [-0.39, 0.29) is 5.82 Å². The maximum Gasteiger partial charge on any atom is 0.151 e. The smallest absolute Gasteiger partial charge is 0.151 e. The van der Waals surface area contributed by atoms with Gasteiger partial charge in [0.15, 0.2) is 5.15 Å². The lowest BCUT2D eigenvalue weighted by Crippen LogP contribution is -1.99. The minimum Gasteiger partial charge on any atom is -0.267 e. The molecule has 0 N–H and O–H groups in total. The summed E-state index contributed by atoms with van der Waals surface area (Å²) in [5.41, 5.74) is 0.992. The molecule has 2 rings (SSSR count). The average Bonchev–Trinajstić information content (AvgIpc) is 2.56. The molecule has 2 aromatic rings. The third kappa shape index (κ3) is 2.12. The maximum atomic E-state index is 12.6. The fraction of sp³-hybridized carbons (Fsp3) is 0.100. The van der Waals surface area contributed by atoms with Gasteiger partial charge < -0.3 is 0 Å². The second kappa shape index (κ2) is 3.80. The molecule has 72 valence electrons. The molecule has 0 radical (unpaired) electrons. The molecule has 0 unspecified atom stereocenters. The van der Waals surface area contributed by atoms with E-state index in [1.165, 1.54) is 12.1 Å². The zero-order valence-corrected chi connectivity index (χ0v) is 8.08. The molecule has 0 saturated heterocycles. The molecule has 2 nitrogen and oxygen atoms in total. The van der Waals surface area contributed by atoms with E-state index in [2.05, 4.69) is 5.10 Å². The summed E-state index contributed by atoms with van der Waals surface area (Å²) in [5, 5.41) is 4.48. The Kier molecular flexibility index (Phi) is 2.50. The molecule has 4 heteroatoms. The van der Waals surface area contributed by atoms with Gasteiger partial charge >= 0.3 is 0 Å². The van der Waals surface area contributed by atoms with Crippen molar-refractivity contribution >= 4 is 11.6 Å². The molecule has 0 spiro atoms. The molecule has 1 aromatic heterocycles. The Labute approximate surface area is 85.9 Å². The van der Waals surface area contributed by atoms with Crippen LogP contribution in [0, 0.1) is 5.82 Å². The number of hydrogen-bond acceptors (Lipinski definition) is 1. The van der Waals surface area contributed by atoms with Crippen LogP contribution in [0.15, 0.2) is 36.5 Å². The van der Waals surface area contributed by atoms with Gasteiger partial charge in [0.1, 0.15) is 5.82 Å². The first-order valence-electron chi connectivity index (χ1n) is 4.17. The predicted molar refractivity (Wildman–Crippen MR) is 52.7 cm³/mol. The van der Waals surface area contributed by atoms with Crippen molar-refractivity contribution in [3.05, 3.63) is 53.1 Å². The van der Waals surface area contributed by atoms with Crippen LogP contribution in [0.25, 0.3) is 0 Å². The van der Waals surface area contributed by atoms with E-state index < -0.39 is 0 Å². The van der Waals surface area contributed by atoms with Crippen molar-refractivity contribution < 1.29 is 4.39 Å². The summed E-state index contributed by atoms with van der Waals surface area (Å²) >= 11 is 5.66. The largest absolute Gasteiger partial charge is 0.267 e. The summed E-state index contributed by atoms with van der Waals surface area (Å²) in [6.07, 6.45) is 1.78. The Morgan fingerprint density at radius 2 is 1.93 bits per heavy atom. The standard InChI is InChI=1S/C10H8ClFN2/c11-10-5-6-14(13-10)7-8-1-3-9(12)4-2-8/h1-6H,7H2. The van der Waals surface area contributed by atoms with Gasteiger partial charge in [0, 0.05) is 6.20 Å². The fourth-order valence-electron chi connectivity index (χ4n) is 1.20.